The molecule has 0 fully saturated rings. The molecule has 190 valence electrons. The molecule has 1 aromatic heterocycles. The number of nitrogens with zero attached hydrogens (tertiary/aromatic N) is 1. The van der Waals surface area contributed by atoms with Crippen molar-refractivity contribution in [1.29, 1.82) is 0 Å². The fourth-order valence-corrected chi connectivity index (χ4v) is 3.91. The largest absolute Gasteiger partial charge is 0.444 e. The lowest BCUT2D eigenvalue weighted by Gasteiger charge is -2.29. The second kappa shape index (κ2) is 12.8. The van der Waals surface area contributed by atoms with E-state index in [0.29, 0.717) is 12.8 Å². The zero-order valence-corrected chi connectivity index (χ0v) is 21.1. The smallest absolute Gasteiger partial charge is 0.407 e. The fraction of sp³-hybridized carbons (Fsp3) is 0.345. The number of alkyl carbamates (subject to hydrolysis) is 1. The summed E-state index contributed by atoms with van der Waals surface area (Å²) in [5.74, 6) is -0.365. The van der Waals surface area contributed by atoms with Gasteiger partial charge < -0.3 is 20.5 Å². The number of amides is 2. The summed E-state index contributed by atoms with van der Waals surface area (Å²) in [4.78, 5) is 29.6. The quantitative estimate of drug-likeness (QED) is 0.394. The van der Waals surface area contributed by atoms with E-state index in [4.69, 9.17) is 4.74 Å². The van der Waals surface area contributed by atoms with Crippen LogP contribution in [0.15, 0.2) is 85.1 Å². The summed E-state index contributed by atoms with van der Waals surface area (Å²) in [5, 5.41) is 17.2. The van der Waals surface area contributed by atoms with Crippen LogP contribution in [0, 0.1) is 0 Å². The Morgan fingerprint density at radius 3 is 2.00 bits per heavy atom. The Morgan fingerprint density at radius 2 is 1.44 bits per heavy atom. The number of aliphatic hydroxyl groups excluding tert-OH is 1. The van der Waals surface area contributed by atoms with E-state index < -0.39 is 29.9 Å². The van der Waals surface area contributed by atoms with Crippen molar-refractivity contribution >= 4 is 12.0 Å². The van der Waals surface area contributed by atoms with Gasteiger partial charge in [0.1, 0.15) is 11.3 Å². The zero-order valence-electron chi connectivity index (χ0n) is 21.1. The van der Waals surface area contributed by atoms with Gasteiger partial charge in [0.05, 0.1) is 12.1 Å². The highest BCUT2D eigenvalue weighted by atomic mass is 16.6. The van der Waals surface area contributed by atoms with E-state index >= 15 is 0 Å². The minimum atomic E-state index is -0.943. The number of aromatic nitrogens is 1. The van der Waals surface area contributed by atoms with Gasteiger partial charge in [-0.25, -0.2) is 4.79 Å². The number of aliphatic hydroxyl groups is 1. The minimum Gasteiger partial charge on any atom is -0.444 e. The Labute approximate surface area is 212 Å². The molecule has 7 heteroatoms. The average Bonchev–Trinajstić information content (AvgIpc) is 2.84. The third-order valence-electron chi connectivity index (χ3n) is 5.55. The molecular weight excluding hydrogens is 454 g/mol. The van der Waals surface area contributed by atoms with Gasteiger partial charge in [0.15, 0.2) is 0 Å². The molecule has 7 nitrogen and oxygen atoms in total. The molecule has 2 aromatic carbocycles. The summed E-state index contributed by atoms with van der Waals surface area (Å²) in [6, 6.07) is 23.5. The van der Waals surface area contributed by atoms with E-state index in [9.17, 15) is 14.7 Å². The van der Waals surface area contributed by atoms with E-state index in [2.05, 4.69) is 15.6 Å². The highest BCUT2D eigenvalue weighted by Gasteiger charge is 2.28. The summed E-state index contributed by atoms with van der Waals surface area (Å²) < 4.78 is 5.46. The van der Waals surface area contributed by atoms with Crippen LogP contribution in [0.5, 0.6) is 0 Å². The van der Waals surface area contributed by atoms with Crippen LogP contribution in [0.1, 0.15) is 48.8 Å². The predicted molar refractivity (Wildman–Crippen MR) is 140 cm³/mol. The molecule has 3 rings (SSSR count). The third kappa shape index (κ3) is 9.15. The molecular formula is C29H35N3O4. The Morgan fingerprint density at radius 1 is 0.861 bits per heavy atom. The molecule has 0 saturated heterocycles. The number of ether oxygens (including phenoxy) is 1. The highest BCUT2D eigenvalue weighted by Crippen LogP contribution is 2.15. The Kier molecular flexibility index (Phi) is 9.59. The van der Waals surface area contributed by atoms with Crippen molar-refractivity contribution in [2.24, 2.45) is 0 Å². The maximum absolute atomic E-state index is 12.9. The van der Waals surface area contributed by atoms with Crippen LogP contribution in [-0.4, -0.2) is 45.9 Å². The van der Waals surface area contributed by atoms with Crippen molar-refractivity contribution in [3.63, 3.8) is 0 Å². The van der Waals surface area contributed by atoms with E-state index in [1.54, 1.807) is 45.2 Å². The molecule has 0 unspecified atom stereocenters. The first-order valence-corrected chi connectivity index (χ1v) is 12.2. The van der Waals surface area contributed by atoms with Crippen molar-refractivity contribution in [2.45, 2.75) is 63.8 Å². The Bertz CT molecular complexity index is 1090. The first-order chi connectivity index (χ1) is 17.2. The molecule has 0 aliphatic carbocycles. The first-order valence-electron chi connectivity index (χ1n) is 12.2. The van der Waals surface area contributed by atoms with Gasteiger partial charge in [-0.05, 0) is 63.3 Å². The van der Waals surface area contributed by atoms with Gasteiger partial charge in [-0.3, -0.25) is 9.78 Å². The lowest BCUT2D eigenvalue weighted by atomic mass is 9.93. The first kappa shape index (κ1) is 26.9. The van der Waals surface area contributed by atoms with Gasteiger partial charge in [-0.15, -0.1) is 0 Å². The summed E-state index contributed by atoms with van der Waals surface area (Å²) in [6.45, 7) is 5.41. The van der Waals surface area contributed by atoms with Gasteiger partial charge in [0.25, 0.3) is 5.91 Å². The molecule has 0 saturated carbocycles. The Hall–Kier alpha value is -3.71. The number of benzene rings is 2. The third-order valence-corrected chi connectivity index (χ3v) is 5.55. The Balaban J connectivity index is 1.78. The molecule has 2 amide bonds. The molecule has 3 atom stereocenters. The van der Waals surface area contributed by atoms with Crippen LogP contribution < -0.4 is 10.6 Å². The number of hydrogen-bond donors (Lipinski definition) is 3. The van der Waals surface area contributed by atoms with Crippen molar-refractivity contribution in [2.75, 3.05) is 0 Å². The fourth-order valence-electron chi connectivity index (χ4n) is 3.91. The number of nitrogens with one attached hydrogen (secondary N) is 2. The highest BCUT2D eigenvalue weighted by molar-refractivity contribution is 5.92. The number of carbonyl (C=O) groups is 2. The van der Waals surface area contributed by atoms with Crippen LogP contribution in [0.4, 0.5) is 4.79 Å². The molecule has 0 spiro atoms. The average molecular weight is 490 g/mol. The number of pyridine rings is 1. The van der Waals surface area contributed by atoms with Crippen LogP contribution in [-0.2, 0) is 17.6 Å². The van der Waals surface area contributed by atoms with Crippen LogP contribution >= 0.6 is 0 Å². The summed E-state index contributed by atoms with van der Waals surface area (Å²) in [6.07, 6.45) is 1.20. The minimum absolute atomic E-state index is 0.216. The topological polar surface area (TPSA) is 101 Å². The maximum atomic E-state index is 12.9. The molecule has 0 radical (unpaired) electrons. The lowest BCUT2D eigenvalue weighted by molar-refractivity contribution is 0.0463. The van der Waals surface area contributed by atoms with Gasteiger partial charge >= 0.3 is 6.09 Å². The molecule has 0 bridgehead atoms. The van der Waals surface area contributed by atoms with Gasteiger partial charge in [-0.2, -0.15) is 0 Å². The number of rotatable bonds is 10. The zero-order chi connectivity index (χ0) is 26.0. The SMILES string of the molecule is CC(C)(C)OC(=O)N[C@@H](Cc1ccccc1)C[C@H](O)[C@H](Cc1ccccc1)NC(=O)c1ccccn1. The van der Waals surface area contributed by atoms with E-state index in [1.807, 2.05) is 60.7 Å². The number of carbonyl (C=O) groups excluding carboxylic acids is 2. The van der Waals surface area contributed by atoms with E-state index in [-0.39, 0.29) is 18.0 Å². The van der Waals surface area contributed by atoms with Crippen LogP contribution in [0.3, 0.4) is 0 Å². The normalized spacial score (nSPS) is 13.8. The number of hydrogen-bond acceptors (Lipinski definition) is 5. The second-order valence-corrected chi connectivity index (χ2v) is 9.82. The summed E-state index contributed by atoms with van der Waals surface area (Å²) in [7, 11) is 0. The molecule has 36 heavy (non-hydrogen) atoms. The van der Waals surface area contributed by atoms with Crippen LogP contribution in [0.25, 0.3) is 0 Å². The van der Waals surface area contributed by atoms with Gasteiger partial charge in [0, 0.05) is 12.2 Å². The monoisotopic (exact) mass is 489 g/mol. The van der Waals surface area contributed by atoms with Crippen molar-refractivity contribution < 1.29 is 19.4 Å². The maximum Gasteiger partial charge on any atom is 0.407 e. The molecule has 0 aliphatic heterocycles. The molecule has 1 heterocycles. The molecule has 3 N–H and O–H groups in total. The summed E-state index contributed by atoms with van der Waals surface area (Å²) in [5.41, 5.74) is 1.62. The molecule has 3 aromatic rings. The van der Waals surface area contributed by atoms with Gasteiger partial charge in [0.2, 0.25) is 0 Å². The van der Waals surface area contributed by atoms with Crippen LogP contribution in [0.2, 0.25) is 0 Å². The standard InChI is InChI=1S/C29H35N3O4/c1-29(2,3)36-28(35)31-23(18-21-12-6-4-7-13-21)20-26(33)25(19-22-14-8-5-9-15-22)32-27(34)24-16-10-11-17-30-24/h4-17,23,25-26,33H,18-20H2,1-3H3,(H,31,35)(H,32,34)/t23-,25-,26-/m0/s1. The van der Waals surface area contributed by atoms with Crippen molar-refractivity contribution in [3.05, 3.63) is 102 Å². The van der Waals surface area contributed by atoms with E-state index in [0.717, 1.165) is 11.1 Å². The van der Waals surface area contributed by atoms with Gasteiger partial charge in [-0.1, -0.05) is 66.7 Å². The van der Waals surface area contributed by atoms with Crippen molar-refractivity contribution in [1.82, 2.24) is 15.6 Å². The second-order valence-electron chi connectivity index (χ2n) is 9.82. The van der Waals surface area contributed by atoms with E-state index in [1.165, 1.54) is 0 Å². The van der Waals surface area contributed by atoms with Crippen molar-refractivity contribution in [3.8, 4) is 0 Å². The predicted octanol–water partition coefficient (Wildman–Crippen LogP) is 4.31. The molecule has 0 aliphatic rings. The lowest BCUT2D eigenvalue weighted by Crippen LogP contribution is -2.49. The summed E-state index contributed by atoms with van der Waals surface area (Å²) >= 11 is 0.